The Kier molecular flexibility index (Phi) is 3.49. The second-order valence-electron chi connectivity index (χ2n) is 3.49. The Morgan fingerprint density at radius 3 is 3.06 bits per heavy atom. The number of H-pyrrole nitrogens is 1. The zero-order valence-corrected chi connectivity index (χ0v) is 9.70. The molecule has 0 unspecified atom stereocenters. The van der Waals surface area contributed by atoms with Crippen molar-refractivity contribution in [3.8, 4) is 5.75 Å². The largest absolute Gasteiger partial charge is 0.492 e. The number of pyridine rings is 1. The van der Waals surface area contributed by atoms with Crippen molar-refractivity contribution in [1.29, 1.82) is 0 Å². The molecule has 0 saturated carbocycles. The molecule has 0 bridgehead atoms. The number of ether oxygens (including phenoxy) is 1. The highest BCUT2D eigenvalue weighted by Gasteiger charge is 2.08. The first-order valence-electron chi connectivity index (χ1n) is 5.11. The van der Waals surface area contributed by atoms with E-state index < -0.39 is 5.97 Å². The number of aromatic carboxylic acids is 1. The predicted octanol–water partition coefficient (Wildman–Crippen LogP) is 2.27. The SMILES string of the molecule is O=C(O)c1cc2cc(OCCCCl)cnc2[nH]1. The van der Waals surface area contributed by atoms with Crippen molar-refractivity contribution in [2.75, 3.05) is 12.5 Å². The fraction of sp³-hybridized carbons (Fsp3) is 0.273. The summed E-state index contributed by atoms with van der Waals surface area (Å²) >= 11 is 5.54. The molecule has 0 saturated heterocycles. The van der Waals surface area contributed by atoms with Crippen molar-refractivity contribution < 1.29 is 14.6 Å². The number of rotatable bonds is 5. The van der Waals surface area contributed by atoms with Crippen LogP contribution in [0.2, 0.25) is 0 Å². The van der Waals surface area contributed by atoms with E-state index in [4.69, 9.17) is 21.4 Å². The molecule has 17 heavy (non-hydrogen) atoms. The lowest BCUT2D eigenvalue weighted by Gasteiger charge is -2.03. The minimum Gasteiger partial charge on any atom is -0.492 e. The van der Waals surface area contributed by atoms with Gasteiger partial charge in [0, 0.05) is 11.3 Å². The van der Waals surface area contributed by atoms with Gasteiger partial charge in [0.2, 0.25) is 0 Å². The van der Waals surface area contributed by atoms with E-state index in [1.807, 2.05) is 0 Å². The Balaban J connectivity index is 2.21. The molecule has 0 aliphatic rings. The van der Waals surface area contributed by atoms with Crippen molar-refractivity contribution >= 4 is 28.6 Å². The van der Waals surface area contributed by atoms with Gasteiger partial charge in [-0.3, -0.25) is 0 Å². The van der Waals surface area contributed by atoms with E-state index in [-0.39, 0.29) is 5.69 Å². The number of aromatic amines is 1. The highest BCUT2D eigenvalue weighted by atomic mass is 35.5. The van der Waals surface area contributed by atoms with Crippen LogP contribution < -0.4 is 4.74 Å². The Morgan fingerprint density at radius 2 is 2.35 bits per heavy atom. The van der Waals surface area contributed by atoms with Gasteiger partial charge in [0.25, 0.3) is 0 Å². The molecule has 2 rings (SSSR count). The number of nitrogens with zero attached hydrogens (tertiary/aromatic N) is 1. The summed E-state index contributed by atoms with van der Waals surface area (Å²) in [6, 6.07) is 3.28. The molecule has 0 fully saturated rings. The molecule has 0 aliphatic carbocycles. The van der Waals surface area contributed by atoms with Gasteiger partial charge in [0.15, 0.2) is 0 Å². The van der Waals surface area contributed by atoms with E-state index in [9.17, 15) is 4.79 Å². The maximum atomic E-state index is 10.8. The number of hydrogen-bond acceptors (Lipinski definition) is 3. The molecule has 0 radical (unpaired) electrons. The molecule has 0 aromatic carbocycles. The summed E-state index contributed by atoms with van der Waals surface area (Å²) in [7, 11) is 0. The minimum atomic E-state index is -1.01. The van der Waals surface area contributed by atoms with Crippen LogP contribution >= 0.6 is 11.6 Å². The molecule has 2 aromatic heterocycles. The van der Waals surface area contributed by atoms with Crippen LogP contribution in [0.3, 0.4) is 0 Å². The van der Waals surface area contributed by atoms with Crippen LogP contribution in [-0.4, -0.2) is 33.5 Å². The lowest BCUT2D eigenvalue weighted by atomic mass is 10.3. The van der Waals surface area contributed by atoms with Crippen LogP contribution in [0.1, 0.15) is 16.9 Å². The van der Waals surface area contributed by atoms with E-state index in [0.29, 0.717) is 29.3 Å². The standard InChI is InChI=1S/C11H11ClN2O3/c12-2-1-3-17-8-4-7-5-9(11(15)16)14-10(7)13-6-8/h4-6H,1-3H2,(H,13,14)(H,15,16). The van der Waals surface area contributed by atoms with Crippen molar-refractivity contribution in [2.45, 2.75) is 6.42 Å². The van der Waals surface area contributed by atoms with E-state index >= 15 is 0 Å². The molecule has 0 aliphatic heterocycles. The molecule has 0 atom stereocenters. The zero-order valence-electron chi connectivity index (χ0n) is 8.94. The average Bonchev–Trinajstić information content (AvgIpc) is 2.72. The molecule has 6 heteroatoms. The van der Waals surface area contributed by atoms with Crippen LogP contribution in [0.4, 0.5) is 0 Å². The Hall–Kier alpha value is -1.75. The summed E-state index contributed by atoms with van der Waals surface area (Å²) in [6.45, 7) is 0.521. The molecule has 5 nitrogen and oxygen atoms in total. The lowest BCUT2D eigenvalue weighted by Crippen LogP contribution is -1.97. The third kappa shape index (κ3) is 2.68. The summed E-state index contributed by atoms with van der Waals surface area (Å²) < 4.78 is 5.42. The maximum absolute atomic E-state index is 10.8. The topological polar surface area (TPSA) is 75.2 Å². The van der Waals surface area contributed by atoms with Crippen LogP contribution in [-0.2, 0) is 0 Å². The summed E-state index contributed by atoms with van der Waals surface area (Å²) in [4.78, 5) is 17.5. The number of hydrogen-bond donors (Lipinski definition) is 2. The van der Waals surface area contributed by atoms with Crippen molar-refractivity contribution in [2.24, 2.45) is 0 Å². The first kappa shape index (κ1) is 11.7. The summed E-state index contributed by atoms with van der Waals surface area (Å²) in [6.07, 6.45) is 2.31. The molecule has 0 spiro atoms. The monoisotopic (exact) mass is 254 g/mol. The van der Waals surface area contributed by atoms with Gasteiger partial charge in [-0.15, -0.1) is 11.6 Å². The number of halogens is 1. The third-order valence-electron chi connectivity index (χ3n) is 2.22. The number of fused-ring (bicyclic) bond motifs is 1. The van der Waals surface area contributed by atoms with Crippen LogP contribution in [0.5, 0.6) is 5.75 Å². The van der Waals surface area contributed by atoms with Gasteiger partial charge in [-0.25, -0.2) is 9.78 Å². The second-order valence-corrected chi connectivity index (χ2v) is 3.87. The molecule has 2 N–H and O–H groups in total. The first-order chi connectivity index (χ1) is 8.20. The van der Waals surface area contributed by atoms with Crippen LogP contribution in [0.15, 0.2) is 18.3 Å². The van der Waals surface area contributed by atoms with Crippen LogP contribution in [0, 0.1) is 0 Å². The number of aromatic nitrogens is 2. The van der Waals surface area contributed by atoms with Crippen molar-refractivity contribution in [1.82, 2.24) is 9.97 Å². The quantitative estimate of drug-likeness (QED) is 0.634. The average molecular weight is 255 g/mol. The predicted molar refractivity (Wildman–Crippen MR) is 63.9 cm³/mol. The Bertz CT molecular complexity index is 538. The number of carboxylic acid groups (broad SMARTS) is 1. The number of nitrogens with one attached hydrogen (secondary N) is 1. The first-order valence-corrected chi connectivity index (χ1v) is 5.65. The fourth-order valence-corrected chi connectivity index (χ4v) is 1.54. The minimum absolute atomic E-state index is 0.116. The number of carbonyl (C=O) groups is 1. The van der Waals surface area contributed by atoms with Crippen molar-refractivity contribution in [3.63, 3.8) is 0 Å². The van der Waals surface area contributed by atoms with E-state index in [0.717, 1.165) is 6.42 Å². The molecular weight excluding hydrogens is 244 g/mol. The van der Waals surface area contributed by atoms with Crippen molar-refractivity contribution in [3.05, 3.63) is 24.0 Å². The van der Waals surface area contributed by atoms with Gasteiger partial charge < -0.3 is 14.8 Å². The van der Waals surface area contributed by atoms with Crippen LogP contribution in [0.25, 0.3) is 11.0 Å². The number of carboxylic acids is 1. The van der Waals surface area contributed by atoms with E-state index in [1.165, 1.54) is 6.07 Å². The molecular formula is C11H11ClN2O3. The summed E-state index contributed by atoms with van der Waals surface area (Å²) in [5.74, 6) is 0.148. The normalized spacial score (nSPS) is 10.6. The second kappa shape index (κ2) is 5.05. The van der Waals surface area contributed by atoms with Gasteiger partial charge >= 0.3 is 5.97 Å². The molecule has 2 aromatic rings. The smallest absolute Gasteiger partial charge is 0.352 e. The third-order valence-corrected chi connectivity index (χ3v) is 2.49. The summed E-state index contributed by atoms with van der Waals surface area (Å²) in [5, 5.41) is 9.54. The molecule has 90 valence electrons. The fourth-order valence-electron chi connectivity index (χ4n) is 1.43. The summed E-state index contributed by atoms with van der Waals surface area (Å²) in [5.41, 5.74) is 0.650. The highest BCUT2D eigenvalue weighted by Crippen LogP contribution is 2.19. The van der Waals surface area contributed by atoms with Gasteiger partial charge in [-0.2, -0.15) is 0 Å². The van der Waals surface area contributed by atoms with E-state index in [1.54, 1.807) is 12.3 Å². The Morgan fingerprint density at radius 1 is 1.53 bits per heavy atom. The van der Waals surface area contributed by atoms with Gasteiger partial charge in [-0.05, 0) is 18.6 Å². The van der Waals surface area contributed by atoms with Gasteiger partial charge in [0.05, 0.1) is 12.8 Å². The highest BCUT2D eigenvalue weighted by molar-refractivity contribution is 6.17. The molecule has 2 heterocycles. The number of alkyl halides is 1. The molecule has 0 amide bonds. The van der Waals surface area contributed by atoms with Gasteiger partial charge in [0.1, 0.15) is 17.1 Å². The maximum Gasteiger partial charge on any atom is 0.352 e. The lowest BCUT2D eigenvalue weighted by molar-refractivity contribution is 0.0691. The zero-order chi connectivity index (χ0) is 12.3. The van der Waals surface area contributed by atoms with Gasteiger partial charge in [-0.1, -0.05) is 0 Å². The Labute approximate surface area is 102 Å². The van der Waals surface area contributed by atoms with E-state index in [2.05, 4.69) is 9.97 Å².